The minimum atomic E-state index is -0.296. The molecule has 1 aliphatic heterocycles. The van der Waals surface area contributed by atoms with Crippen LogP contribution in [0.25, 0.3) is 0 Å². The van der Waals surface area contributed by atoms with Crippen LogP contribution in [0.1, 0.15) is 52.8 Å². The van der Waals surface area contributed by atoms with Crippen molar-refractivity contribution in [3.63, 3.8) is 0 Å². The van der Waals surface area contributed by atoms with Crippen LogP contribution in [0.3, 0.4) is 0 Å². The predicted octanol–water partition coefficient (Wildman–Crippen LogP) is 2.94. The van der Waals surface area contributed by atoms with Crippen LogP contribution in [0.2, 0.25) is 0 Å². The number of fused-ring (bicyclic) bond motifs is 1. The summed E-state index contributed by atoms with van der Waals surface area (Å²) in [4.78, 5) is 23.2. The van der Waals surface area contributed by atoms with Crippen LogP contribution >= 0.6 is 0 Å². The van der Waals surface area contributed by atoms with Crippen LogP contribution in [-0.2, 0) is 24.2 Å². The summed E-state index contributed by atoms with van der Waals surface area (Å²) in [6.45, 7) is 6.81. The second-order valence-electron chi connectivity index (χ2n) is 6.51. The molecule has 1 aliphatic rings. The molecule has 0 fully saturated rings. The van der Waals surface area contributed by atoms with Gasteiger partial charge in [-0.1, -0.05) is 26.0 Å². The van der Waals surface area contributed by atoms with Gasteiger partial charge < -0.3 is 4.74 Å². The number of methoxy groups -OCH3 is 1. The van der Waals surface area contributed by atoms with Gasteiger partial charge >= 0.3 is 5.97 Å². The van der Waals surface area contributed by atoms with Gasteiger partial charge in [0.05, 0.1) is 18.4 Å². The molecule has 0 atom stereocenters. The molecule has 0 N–H and O–H groups in total. The molecule has 0 unspecified atom stereocenters. The van der Waals surface area contributed by atoms with E-state index in [1.807, 2.05) is 24.4 Å². The standard InChI is InChI=1S/C19H23N3O2/c1-13(2)18-20-10-16-7-8-22(12-17(16)21-18)11-14-5-4-6-15(9-14)19(23)24-3/h4-6,9-10,13H,7-8,11-12H2,1-3H3. The quantitative estimate of drug-likeness (QED) is 0.809. The summed E-state index contributed by atoms with van der Waals surface area (Å²) in [7, 11) is 1.41. The molecule has 5 nitrogen and oxygen atoms in total. The maximum Gasteiger partial charge on any atom is 0.337 e. The van der Waals surface area contributed by atoms with E-state index in [1.54, 1.807) is 6.07 Å². The van der Waals surface area contributed by atoms with Crippen molar-refractivity contribution in [3.8, 4) is 0 Å². The van der Waals surface area contributed by atoms with Crippen LogP contribution < -0.4 is 0 Å². The Labute approximate surface area is 142 Å². The zero-order valence-corrected chi connectivity index (χ0v) is 14.5. The molecule has 0 radical (unpaired) electrons. The summed E-state index contributed by atoms with van der Waals surface area (Å²) in [5.74, 6) is 0.945. The van der Waals surface area contributed by atoms with E-state index >= 15 is 0 Å². The van der Waals surface area contributed by atoms with Crippen molar-refractivity contribution in [2.45, 2.75) is 39.3 Å². The first-order chi connectivity index (χ1) is 11.6. The normalized spacial score (nSPS) is 14.5. The average Bonchev–Trinajstić information content (AvgIpc) is 2.60. The van der Waals surface area contributed by atoms with E-state index in [0.717, 1.165) is 43.1 Å². The van der Waals surface area contributed by atoms with Gasteiger partial charge in [0.2, 0.25) is 0 Å². The maximum atomic E-state index is 11.7. The Morgan fingerprint density at radius 2 is 2.21 bits per heavy atom. The molecule has 0 bridgehead atoms. The third-order valence-corrected chi connectivity index (χ3v) is 4.31. The van der Waals surface area contributed by atoms with Gasteiger partial charge in [-0.2, -0.15) is 0 Å². The van der Waals surface area contributed by atoms with Crippen molar-refractivity contribution in [2.24, 2.45) is 0 Å². The summed E-state index contributed by atoms with van der Waals surface area (Å²) in [6.07, 6.45) is 2.94. The zero-order chi connectivity index (χ0) is 17.1. The van der Waals surface area contributed by atoms with E-state index in [9.17, 15) is 4.79 Å². The number of hydrogen-bond acceptors (Lipinski definition) is 5. The molecule has 126 valence electrons. The first-order valence-corrected chi connectivity index (χ1v) is 8.31. The highest BCUT2D eigenvalue weighted by Gasteiger charge is 2.19. The first-order valence-electron chi connectivity index (χ1n) is 8.31. The van der Waals surface area contributed by atoms with Gasteiger partial charge in [0.25, 0.3) is 0 Å². The van der Waals surface area contributed by atoms with Gasteiger partial charge in [0, 0.05) is 31.7 Å². The number of carbonyl (C=O) groups is 1. The summed E-state index contributed by atoms with van der Waals surface area (Å²) in [6, 6.07) is 7.63. The minimum absolute atomic E-state index is 0.296. The second kappa shape index (κ2) is 7.09. The maximum absolute atomic E-state index is 11.7. The average molecular weight is 325 g/mol. The Kier molecular flexibility index (Phi) is 4.90. The molecule has 0 saturated carbocycles. The third-order valence-electron chi connectivity index (χ3n) is 4.31. The number of nitrogens with zero attached hydrogens (tertiary/aromatic N) is 3. The highest BCUT2D eigenvalue weighted by atomic mass is 16.5. The Balaban J connectivity index is 1.74. The van der Waals surface area contributed by atoms with Crippen LogP contribution in [0, 0.1) is 0 Å². The van der Waals surface area contributed by atoms with E-state index in [2.05, 4.69) is 23.7 Å². The van der Waals surface area contributed by atoms with Crippen molar-refractivity contribution < 1.29 is 9.53 Å². The summed E-state index contributed by atoms with van der Waals surface area (Å²) < 4.78 is 4.79. The first kappa shape index (κ1) is 16.6. The van der Waals surface area contributed by atoms with E-state index in [0.29, 0.717) is 11.5 Å². The minimum Gasteiger partial charge on any atom is -0.465 e. The number of esters is 1. The molecule has 0 amide bonds. The topological polar surface area (TPSA) is 55.3 Å². The lowest BCUT2D eigenvalue weighted by molar-refractivity contribution is 0.0600. The zero-order valence-electron chi connectivity index (χ0n) is 14.5. The highest BCUT2D eigenvalue weighted by Crippen LogP contribution is 2.21. The SMILES string of the molecule is COC(=O)c1cccc(CN2CCc3cnc(C(C)C)nc3C2)c1. The van der Waals surface area contributed by atoms with Gasteiger partial charge in [-0.3, -0.25) is 4.90 Å². The Hall–Kier alpha value is -2.27. The van der Waals surface area contributed by atoms with Gasteiger partial charge in [-0.05, 0) is 29.7 Å². The molecule has 0 saturated heterocycles. The smallest absolute Gasteiger partial charge is 0.337 e. The van der Waals surface area contributed by atoms with Crippen LogP contribution in [0.15, 0.2) is 30.5 Å². The van der Waals surface area contributed by atoms with Gasteiger partial charge in [0.15, 0.2) is 0 Å². The summed E-state index contributed by atoms with van der Waals surface area (Å²) in [5, 5.41) is 0. The molecule has 1 aromatic heterocycles. The van der Waals surface area contributed by atoms with Crippen molar-refractivity contribution >= 4 is 5.97 Å². The molecule has 2 heterocycles. The van der Waals surface area contributed by atoms with Crippen molar-refractivity contribution in [2.75, 3.05) is 13.7 Å². The van der Waals surface area contributed by atoms with Gasteiger partial charge in [-0.25, -0.2) is 14.8 Å². The number of hydrogen-bond donors (Lipinski definition) is 0. The van der Waals surface area contributed by atoms with Gasteiger partial charge in [0.1, 0.15) is 5.82 Å². The third kappa shape index (κ3) is 3.62. The summed E-state index contributed by atoms with van der Waals surface area (Å²) in [5.41, 5.74) is 4.08. The van der Waals surface area contributed by atoms with Crippen molar-refractivity contribution in [1.29, 1.82) is 0 Å². The molecule has 2 aromatic rings. The van der Waals surface area contributed by atoms with Crippen LogP contribution in [0.4, 0.5) is 0 Å². The number of benzene rings is 1. The Morgan fingerprint density at radius 1 is 1.38 bits per heavy atom. The molecule has 1 aromatic carbocycles. The lowest BCUT2D eigenvalue weighted by Crippen LogP contribution is -2.31. The summed E-state index contributed by atoms with van der Waals surface area (Å²) >= 11 is 0. The Bertz CT molecular complexity index is 743. The number of carbonyl (C=O) groups excluding carboxylic acids is 1. The van der Waals surface area contributed by atoms with Crippen molar-refractivity contribution in [1.82, 2.24) is 14.9 Å². The molecular weight excluding hydrogens is 302 g/mol. The fourth-order valence-corrected chi connectivity index (χ4v) is 2.96. The molecule has 3 rings (SSSR count). The van der Waals surface area contributed by atoms with E-state index in [1.165, 1.54) is 12.7 Å². The van der Waals surface area contributed by atoms with Crippen molar-refractivity contribution in [3.05, 3.63) is 58.7 Å². The fourth-order valence-electron chi connectivity index (χ4n) is 2.96. The molecule has 0 spiro atoms. The monoisotopic (exact) mass is 325 g/mol. The molecule has 5 heteroatoms. The largest absolute Gasteiger partial charge is 0.465 e. The van der Waals surface area contributed by atoms with Crippen LogP contribution in [-0.4, -0.2) is 34.5 Å². The molecular formula is C19H23N3O2. The van der Waals surface area contributed by atoms with E-state index in [4.69, 9.17) is 9.72 Å². The fraction of sp³-hybridized carbons (Fsp3) is 0.421. The predicted molar refractivity (Wildman–Crippen MR) is 91.7 cm³/mol. The number of rotatable bonds is 4. The van der Waals surface area contributed by atoms with Crippen LogP contribution in [0.5, 0.6) is 0 Å². The Morgan fingerprint density at radius 3 is 2.96 bits per heavy atom. The van der Waals surface area contributed by atoms with E-state index < -0.39 is 0 Å². The lowest BCUT2D eigenvalue weighted by Gasteiger charge is -2.28. The molecule has 24 heavy (non-hydrogen) atoms. The van der Waals surface area contributed by atoms with Gasteiger partial charge in [-0.15, -0.1) is 0 Å². The number of aromatic nitrogens is 2. The second-order valence-corrected chi connectivity index (χ2v) is 6.51. The van der Waals surface area contributed by atoms with E-state index in [-0.39, 0.29) is 5.97 Å². The number of ether oxygens (including phenoxy) is 1. The highest BCUT2D eigenvalue weighted by molar-refractivity contribution is 5.89. The lowest BCUT2D eigenvalue weighted by atomic mass is 10.0. The molecule has 0 aliphatic carbocycles.